The quantitative estimate of drug-likeness (QED) is 0.620. The van der Waals surface area contributed by atoms with Gasteiger partial charge in [0.1, 0.15) is 17.3 Å². The Morgan fingerprint density at radius 3 is 2.38 bits per heavy atom. The van der Waals surface area contributed by atoms with Gasteiger partial charge >= 0.3 is 0 Å². The van der Waals surface area contributed by atoms with Gasteiger partial charge in [-0.2, -0.15) is 0 Å². The maximum absolute atomic E-state index is 13.1. The number of carbonyl (C=O) groups excluding carboxylic acids is 1. The molecular formula is C21H20FNO3. The van der Waals surface area contributed by atoms with E-state index in [4.69, 9.17) is 9.15 Å². The van der Waals surface area contributed by atoms with Gasteiger partial charge in [0.25, 0.3) is 5.91 Å². The first kappa shape index (κ1) is 17.7. The minimum absolute atomic E-state index is 0.131. The lowest BCUT2D eigenvalue weighted by atomic mass is 10.1. The van der Waals surface area contributed by atoms with Crippen molar-refractivity contribution in [1.29, 1.82) is 0 Å². The van der Waals surface area contributed by atoms with Gasteiger partial charge in [-0.25, -0.2) is 4.39 Å². The summed E-state index contributed by atoms with van der Waals surface area (Å²) in [6.45, 7) is 3.17. The molecule has 5 heteroatoms. The Balaban J connectivity index is 1.81. The Kier molecular flexibility index (Phi) is 5.69. The van der Waals surface area contributed by atoms with Crippen LogP contribution in [0.4, 0.5) is 4.39 Å². The molecule has 2 aromatic carbocycles. The molecule has 0 saturated heterocycles. The van der Waals surface area contributed by atoms with Crippen LogP contribution in [-0.2, 0) is 13.1 Å². The predicted molar refractivity (Wildman–Crippen MR) is 96.3 cm³/mol. The summed E-state index contributed by atoms with van der Waals surface area (Å²) < 4.78 is 23.9. The Morgan fingerprint density at radius 2 is 1.77 bits per heavy atom. The van der Waals surface area contributed by atoms with E-state index in [1.54, 1.807) is 53.6 Å². The third kappa shape index (κ3) is 4.51. The summed E-state index contributed by atoms with van der Waals surface area (Å²) >= 11 is 0. The summed E-state index contributed by atoms with van der Waals surface area (Å²) in [5.74, 6) is 0.976. The second-order valence-electron chi connectivity index (χ2n) is 5.82. The monoisotopic (exact) mass is 353 g/mol. The number of hydrogen-bond acceptors (Lipinski definition) is 3. The molecule has 1 amide bonds. The average molecular weight is 353 g/mol. The van der Waals surface area contributed by atoms with Gasteiger partial charge in [0, 0.05) is 12.1 Å². The fourth-order valence-electron chi connectivity index (χ4n) is 2.64. The molecule has 0 radical (unpaired) electrons. The summed E-state index contributed by atoms with van der Waals surface area (Å²) in [6.07, 6.45) is 1.58. The molecule has 0 fully saturated rings. The van der Waals surface area contributed by atoms with E-state index in [9.17, 15) is 9.18 Å². The van der Waals surface area contributed by atoms with E-state index in [1.807, 2.05) is 13.0 Å². The highest BCUT2D eigenvalue weighted by Gasteiger charge is 2.18. The lowest BCUT2D eigenvalue weighted by Crippen LogP contribution is -2.30. The second-order valence-corrected chi connectivity index (χ2v) is 5.82. The highest BCUT2D eigenvalue weighted by atomic mass is 19.1. The summed E-state index contributed by atoms with van der Waals surface area (Å²) in [4.78, 5) is 14.6. The molecule has 3 aromatic rings. The standard InChI is InChI=1S/C21H20FNO3/c1-2-25-19-11-7-17(8-12-19)21(24)23(15-20-4-3-13-26-20)14-16-5-9-18(22)10-6-16/h3-13H,2,14-15H2,1H3. The van der Waals surface area contributed by atoms with E-state index in [2.05, 4.69) is 0 Å². The van der Waals surface area contributed by atoms with Crippen molar-refractivity contribution in [3.8, 4) is 5.75 Å². The Bertz CT molecular complexity index is 827. The van der Waals surface area contributed by atoms with Crippen molar-refractivity contribution in [2.75, 3.05) is 6.61 Å². The van der Waals surface area contributed by atoms with Gasteiger partial charge in [-0.15, -0.1) is 0 Å². The number of benzene rings is 2. The van der Waals surface area contributed by atoms with E-state index < -0.39 is 0 Å². The zero-order valence-corrected chi connectivity index (χ0v) is 14.5. The zero-order valence-electron chi connectivity index (χ0n) is 14.5. The van der Waals surface area contributed by atoms with Crippen molar-refractivity contribution in [3.63, 3.8) is 0 Å². The van der Waals surface area contributed by atoms with E-state index in [0.29, 0.717) is 31.0 Å². The first-order valence-electron chi connectivity index (χ1n) is 8.44. The molecule has 1 aromatic heterocycles. The van der Waals surface area contributed by atoms with Crippen molar-refractivity contribution in [2.24, 2.45) is 0 Å². The fourth-order valence-corrected chi connectivity index (χ4v) is 2.64. The molecule has 26 heavy (non-hydrogen) atoms. The molecule has 134 valence electrons. The van der Waals surface area contributed by atoms with Gasteiger partial charge in [-0.05, 0) is 61.0 Å². The molecule has 0 spiro atoms. The van der Waals surface area contributed by atoms with Gasteiger partial charge in [-0.3, -0.25) is 4.79 Å². The molecule has 3 rings (SSSR count). The maximum atomic E-state index is 13.1. The molecular weight excluding hydrogens is 333 g/mol. The highest BCUT2D eigenvalue weighted by molar-refractivity contribution is 5.94. The molecule has 0 aliphatic rings. The van der Waals surface area contributed by atoms with Crippen LogP contribution in [0.25, 0.3) is 0 Å². The molecule has 0 bridgehead atoms. The summed E-state index contributed by atoms with van der Waals surface area (Å²) in [7, 11) is 0. The Morgan fingerprint density at radius 1 is 1.04 bits per heavy atom. The van der Waals surface area contributed by atoms with E-state index in [0.717, 1.165) is 11.3 Å². The van der Waals surface area contributed by atoms with E-state index >= 15 is 0 Å². The van der Waals surface area contributed by atoms with Crippen LogP contribution in [-0.4, -0.2) is 17.4 Å². The maximum Gasteiger partial charge on any atom is 0.254 e. The van der Waals surface area contributed by atoms with Crippen LogP contribution in [0.2, 0.25) is 0 Å². The number of ether oxygens (including phenoxy) is 1. The van der Waals surface area contributed by atoms with Gasteiger partial charge in [-0.1, -0.05) is 12.1 Å². The van der Waals surface area contributed by atoms with Crippen molar-refractivity contribution in [2.45, 2.75) is 20.0 Å². The fraction of sp³-hybridized carbons (Fsp3) is 0.190. The average Bonchev–Trinajstić information content (AvgIpc) is 3.16. The topological polar surface area (TPSA) is 42.7 Å². The summed E-state index contributed by atoms with van der Waals surface area (Å²) in [5, 5.41) is 0. The van der Waals surface area contributed by atoms with Gasteiger partial charge in [0.05, 0.1) is 19.4 Å². The van der Waals surface area contributed by atoms with Crippen LogP contribution < -0.4 is 4.74 Å². The molecule has 0 aliphatic carbocycles. The minimum Gasteiger partial charge on any atom is -0.494 e. The van der Waals surface area contributed by atoms with Gasteiger partial charge < -0.3 is 14.1 Å². The van der Waals surface area contributed by atoms with E-state index in [1.165, 1.54) is 12.1 Å². The Labute approximate surface area is 151 Å². The smallest absolute Gasteiger partial charge is 0.254 e. The number of amides is 1. The normalized spacial score (nSPS) is 10.5. The number of carbonyl (C=O) groups is 1. The van der Waals surface area contributed by atoms with Crippen molar-refractivity contribution in [3.05, 3.63) is 89.6 Å². The van der Waals surface area contributed by atoms with Crippen molar-refractivity contribution in [1.82, 2.24) is 4.90 Å². The van der Waals surface area contributed by atoms with Crippen LogP contribution >= 0.6 is 0 Å². The van der Waals surface area contributed by atoms with Crippen LogP contribution in [0, 0.1) is 5.82 Å². The number of rotatable bonds is 7. The molecule has 0 N–H and O–H groups in total. The predicted octanol–water partition coefficient (Wildman–Crippen LogP) is 4.66. The van der Waals surface area contributed by atoms with Crippen LogP contribution in [0.3, 0.4) is 0 Å². The molecule has 0 atom stereocenters. The number of halogens is 1. The first-order valence-corrected chi connectivity index (χ1v) is 8.44. The largest absolute Gasteiger partial charge is 0.494 e. The number of hydrogen-bond donors (Lipinski definition) is 0. The lowest BCUT2D eigenvalue weighted by molar-refractivity contribution is 0.0717. The molecule has 0 saturated carbocycles. The van der Waals surface area contributed by atoms with Crippen molar-refractivity contribution < 1.29 is 18.3 Å². The van der Waals surface area contributed by atoms with E-state index in [-0.39, 0.29) is 11.7 Å². The Hall–Kier alpha value is -3.08. The van der Waals surface area contributed by atoms with Gasteiger partial charge in [0.2, 0.25) is 0 Å². The molecule has 0 aliphatic heterocycles. The summed E-state index contributed by atoms with van der Waals surface area (Å²) in [5.41, 5.74) is 1.40. The lowest BCUT2D eigenvalue weighted by Gasteiger charge is -2.22. The summed E-state index contributed by atoms with van der Waals surface area (Å²) in [6, 6.07) is 16.8. The van der Waals surface area contributed by atoms with Gasteiger partial charge in [0.15, 0.2) is 0 Å². The number of furan rings is 1. The first-order chi connectivity index (χ1) is 12.7. The molecule has 0 unspecified atom stereocenters. The minimum atomic E-state index is -0.302. The third-order valence-corrected chi connectivity index (χ3v) is 3.91. The van der Waals surface area contributed by atoms with Crippen LogP contribution in [0.1, 0.15) is 28.6 Å². The van der Waals surface area contributed by atoms with Crippen LogP contribution in [0.15, 0.2) is 71.3 Å². The highest BCUT2D eigenvalue weighted by Crippen LogP contribution is 2.18. The third-order valence-electron chi connectivity index (χ3n) is 3.91. The van der Waals surface area contributed by atoms with Crippen LogP contribution in [0.5, 0.6) is 5.75 Å². The molecule has 1 heterocycles. The molecule has 4 nitrogen and oxygen atoms in total. The second kappa shape index (κ2) is 8.34. The SMILES string of the molecule is CCOc1ccc(C(=O)N(Cc2ccc(F)cc2)Cc2ccco2)cc1. The zero-order chi connectivity index (χ0) is 18.4. The van der Waals surface area contributed by atoms with Crippen molar-refractivity contribution >= 4 is 5.91 Å². The number of nitrogens with zero attached hydrogens (tertiary/aromatic N) is 1.